The number of carbonyl (C=O) groups excluding carboxylic acids is 2. The van der Waals surface area contributed by atoms with E-state index in [-0.39, 0.29) is 41.4 Å². The van der Waals surface area contributed by atoms with Gasteiger partial charge in [-0.25, -0.2) is 12.8 Å². The summed E-state index contributed by atoms with van der Waals surface area (Å²) in [5.41, 5.74) is 0.691. The molecule has 1 heterocycles. The Balaban J connectivity index is 1.50. The number of halogens is 2. The van der Waals surface area contributed by atoms with Gasteiger partial charge in [0, 0.05) is 23.7 Å². The highest BCUT2D eigenvalue weighted by Crippen LogP contribution is 2.34. The molecule has 240 valence electrons. The molecule has 0 radical (unpaired) electrons. The van der Waals surface area contributed by atoms with Crippen LogP contribution in [0.2, 0.25) is 5.02 Å². The molecular weight excluding hydrogens is 621 g/mol. The van der Waals surface area contributed by atoms with Gasteiger partial charge < -0.3 is 19.7 Å². The summed E-state index contributed by atoms with van der Waals surface area (Å²) in [7, 11) is -4.38. The number of sulfonamides is 1. The van der Waals surface area contributed by atoms with Crippen molar-refractivity contribution in [2.45, 2.75) is 69.0 Å². The van der Waals surface area contributed by atoms with Crippen LogP contribution in [0.25, 0.3) is 0 Å². The average Bonchev–Trinajstić information content (AvgIpc) is 3.05. The van der Waals surface area contributed by atoms with E-state index in [0.717, 1.165) is 48.5 Å². The van der Waals surface area contributed by atoms with E-state index in [0.29, 0.717) is 29.4 Å². The number of anilines is 1. The predicted octanol–water partition coefficient (Wildman–Crippen LogP) is 5.70. The number of nitrogens with zero attached hydrogens (tertiary/aromatic N) is 2. The van der Waals surface area contributed by atoms with Crippen LogP contribution in [0.4, 0.5) is 10.1 Å². The summed E-state index contributed by atoms with van der Waals surface area (Å²) in [6.45, 7) is 1.73. The van der Waals surface area contributed by atoms with E-state index >= 15 is 0 Å². The Morgan fingerprint density at radius 2 is 1.67 bits per heavy atom. The first-order chi connectivity index (χ1) is 21.7. The number of amides is 2. The third-order valence-electron chi connectivity index (χ3n) is 8.13. The number of rotatable bonds is 11. The normalized spacial score (nSPS) is 15.6. The van der Waals surface area contributed by atoms with Crippen LogP contribution in [0.15, 0.2) is 71.6 Å². The molecule has 5 rings (SSSR count). The fourth-order valence-electron chi connectivity index (χ4n) is 5.72. The molecule has 0 saturated heterocycles. The maximum atomic E-state index is 14.3. The lowest BCUT2D eigenvalue weighted by molar-refractivity contribution is -0.140. The lowest BCUT2D eigenvalue weighted by Gasteiger charge is -2.34. The quantitative estimate of drug-likeness (QED) is 0.284. The molecule has 0 bridgehead atoms. The lowest BCUT2D eigenvalue weighted by atomic mass is 9.95. The summed E-state index contributed by atoms with van der Waals surface area (Å²) in [4.78, 5) is 29.2. The Kier molecular flexibility index (Phi) is 10.5. The van der Waals surface area contributed by atoms with Gasteiger partial charge in [0.1, 0.15) is 31.6 Å². The van der Waals surface area contributed by atoms with Gasteiger partial charge >= 0.3 is 0 Å². The van der Waals surface area contributed by atoms with Crippen molar-refractivity contribution in [3.05, 3.63) is 83.1 Å². The molecule has 1 aliphatic heterocycles. The zero-order chi connectivity index (χ0) is 32.0. The molecule has 1 fully saturated rings. The third kappa shape index (κ3) is 7.70. The molecule has 45 heavy (non-hydrogen) atoms. The van der Waals surface area contributed by atoms with E-state index in [1.807, 2.05) is 6.92 Å². The zero-order valence-electron chi connectivity index (χ0n) is 25.1. The van der Waals surface area contributed by atoms with Crippen molar-refractivity contribution in [2.24, 2.45) is 0 Å². The summed E-state index contributed by atoms with van der Waals surface area (Å²) in [6, 6.07) is 15.2. The van der Waals surface area contributed by atoms with Gasteiger partial charge in [-0.15, -0.1) is 0 Å². The number of nitrogens with one attached hydrogen (secondary N) is 1. The highest BCUT2D eigenvalue weighted by molar-refractivity contribution is 7.92. The largest absolute Gasteiger partial charge is 0.486 e. The molecule has 9 nitrogen and oxygen atoms in total. The van der Waals surface area contributed by atoms with E-state index < -0.39 is 34.3 Å². The maximum absolute atomic E-state index is 14.3. The van der Waals surface area contributed by atoms with E-state index in [1.165, 1.54) is 35.2 Å². The highest BCUT2D eigenvalue weighted by atomic mass is 35.5. The Morgan fingerprint density at radius 3 is 2.36 bits per heavy atom. The molecule has 1 aliphatic carbocycles. The Hall–Kier alpha value is -3.83. The number of hydrogen-bond donors (Lipinski definition) is 1. The van der Waals surface area contributed by atoms with E-state index in [1.54, 1.807) is 24.3 Å². The smallest absolute Gasteiger partial charge is 0.264 e. The minimum Gasteiger partial charge on any atom is -0.486 e. The minimum absolute atomic E-state index is 0.0174. The van der Waals surface area contributed by atoms with Crippen LogP contribution in [0, 0.1) is 5.82 Å². The fourth-order valence-corrected chi connectivity index (χ4v) is 7.35. The summed E-state index contributed by atoms with van der Waals surface area (Å²) < 4.78 is 54.3. The fraction of sp³-hybridized carbons (Fsp3) is 0.394. The molecular formula is C33H37ClFN3O6S. The van der Waals surface area contributed by atoms with Gasteiger partial charge in [-0.1, -0.05) is 56.0 Å². The van der Waals surface area contributed by atoms with Gasteiger partial charge in [0.25, 0.3) is 10.0 Å². The first kappa shape index (κ1) is 32.6. The first-order valence-electron chi connectivity index (χ1n) is 15.2. The maximum Gasteiger partial charge on any atom is 0.264 e. The second kappa shape index (κ2) is 14.5. The van der Waals surface area contributed by atoms with Gasteiger partial charge in [-0.05, 0) is 67.3 Å². The minimum atomic E-state index is -4.38. The van der Waals surface area contributed by atoms with Crippen molar-refractivity contribution in [2.75, 3.05) is 24.1 Å². The highest BCUT2D eigenvalue weighted by Gasteiger charge is 2.35. The van der Waals surface area contributed by atoms with Crippen LogP contribution in [-0.2, 0) is 26.2 Å². The molecule has 1 atom stereocenters. The van der Waals surface area contributed by atoms with Crippen LogP contribution in [-0.4, -0.2) is 57.0 Å². The summed E-state index contributed by atoms with van der Waals surface area (Å²) >= 11 is 6.48. The molecule has 12 heteroatoms. The van der Waals surface area contributed by atoms with Gasteiger partial charge in [0.15, 0.2) is 11.5 Å². The predicted molar refractivity (Wildman–Crippen MR) is 169 cm³/mol. The van der Waals surface area contributed by atoms with Crippen molar-refractivity contribution < 1.29 is 31.9 Å². The lowest BCUT2D eigenvalue weighted by Crippen LogP contribution is -2.54. The third-order valence-corrected chi connectivity index (χ3v) is 10.3. The van der Waals surface area contributed by atoms with Crippen LogP contribution >= 0.6 is 11.6 Å². The molecule has 3 aromatic carbocycles. The van der Waals surface area contributed by atoms with Crippen LogP contribution in [0.5, 0.6) is 11.5 Å². The molecule has 1 saturated carbocycles. The number of carbonyl (C=O) groups is 2. The van der Waals surface area contributed by atoms with Gasteiger partial charge in [-0.2, -0.15) is 0 Å². The number of ether oxygens (including phenoxy) is 2. The standard InChI is InChI=1S/C33H37ClFN3O6S/c1-2-29(33(40)36-25-9-4-3-5-10-25)37(21-23-8-6-7-11-28(23)34)32(39)22-38(26-14-12-24(35)13-15-26)45(41,42)27-16-17-30-31(20-27)44-19-18-43-30/h6-8,11-17,20,25,29H,2-5,9-10,18-19,21-22H2,1H3,(H,36,40)/t29-/m1/s1. The topological polar surface area (TPSA) is 105 Å². The van der Waals surface area contributed by atoms with E-state index in [9.17, 15) is 22.4 Å². The van der Waals surface area contributed by atoms with Crippen LogP contribution in [0.3, 0.4) is 0 Å². The van der Waals surface area contributed by atoms with E-state index in [2.05, 4.69) is 5.32 Å². The van der Waals surface area contributed by atoms with Gasteiger partial charge in [-0.3, -0.25) is 13.9 Å². The molecule has 0 spiro atoms. The first-order valence-corrected chi connectivity index (χ1v) is 17.0. The monoisotopic (exact) mass is 657 g/mol. The number of fused-ring (bicyclic) bond motifs is 1. The number of benzene rings is 3. The zero-order valence-corrected chi connectivity index (χ0v) is 26.7. The average molecular weight is 658 g/mol. The van der Waals surface area contributed by atoms with Crippen LogP contribution in [0.1, 0.15) is 51.0 Å². The number of hydrogen-bond acceptors (Lipinski definition) is 6. The Morgan fingerprint density at radius 1 is 0.978 bits per heavy atom. The molecule has 3 aromatic rings. The summed E-state index contributed by atoms with van der Waals surface area (Å²) in [5, 5.41) is 3.53. The van der Waals surface area contributed by atoms with E-state index in [4.69, 9.17) is 21.1 Å². The molecule has 2 amide bonds. The Labute approximate surface area is 268 Å². The molecule has 0 unspecified atom stereocenters. The molecule has 0 aromatic heterocycles. The van der Waals surface area contributed by atoms with Crippen LogP contribution < -0.4 is 19.1 Å². The molecule has 1 N–H and O–H groups in total. The SMILES string of the molecule is CC[C@H](C(=O)NC1CCCCC1)N(Cc1ccccc1Cl)C(=O)CN(c1ccc(F)cc1)S(=O)(=O)c1ccc2c(c1)OCCO2. The Bertz CT molecular complexity index is 1610. The summed E-state index contributed by atoms with van der Waals surface area (Å²) in [5.74, 6) is -0.810. The van der Waals surface area contributed by atoms with Crippen molar-refractivity contribution in [1.29, 1.82) is 0 Å². The second-order valence-corrected chi connectivity index (χ2v) is 13.4. The van der Waals surface area contributed by atoms with Crippen molar-refractivity contribution in [3.63, 3.8) is 0 Å². The van der Waals surface area contributed by atoms with Crippen molar-refractivity contribution in [3.8, 4) is 11.5 Å². The van der Waals surface area contributed by atoms with Gasteiger partial charge in [0.05, 0.1) is 10.6 Å². The van der Waals surface area contributed by atoms with Crippen molar-refractivity contribution >= 4 is 39.1 Å². The summed E-state index contributed by atoms with van der Waals surface area (Å²) in [6.07, 6.45) is 5.19. The van der Waals surface area contributed by atoms with Crippen molar-refractivity contribution in [1.82, 2.24) is 10.2 Å². The second-order valence-electron chi connectivity index (χ2n) is 11.2. The molecule has 2 aliphatic rings. The van der Waals surface area contributed by atoms with Gasteiger partial charge in [0.2, 0.25) is 11.8 Å².